The molecule has 1 aromatic carbocycles. The summed E-state index contributed by atoms with van der Waals surface area (Å²) in [5, 5.41) is 3.33. The number of anilines is 1. The molecule has 2 rings (SSSR count). The maximum absolute atomic E-state index is 12.1. The van der Waals surface area contributed by atoms with E-state index in [1.807, 2.05) is 6.07 Å². The zero-order valence-corrected chi connectivity index (χ0v) is 12.0. The van der Waals surface area contributed by atoms with Crippen molar-refractivity contribution in [3.05, 3.63) is 58.9 Å². The highest BCUT2D eigenvalue weighted by molar-refractivity contribution is 6.31. The van der Waals surface area contributed by atoms with Crippen LogP contribution in [0, 0.1) is 11.8 Å². The van der Waals surface area contributed by atoms with Gasteiger partial charge in [-0.25, -0.2) is 0 Å². The topological polar surface area (TPSA) is 68.0 Å². The maximum Gasteiger partial charge on any atom is 0.230 e. The Morgan fingerprint density at radius 3 is 2.90 bits per heavy atom. The minimum absolute atomic E-state index is 0.174. The van der Waals surface area contributed by atoms with Gasteiger partial charge in [0.2, 0.25) is 5.91 Å². The average molecular weight is 300 g/mol. The highest BCUT2D eigenvalue weighted by Gasteiger charge is 2.08. The number of nitrogens with zero attached hydrogens (tertiary/aromatic N) is 1. The molecule has 0 atom stereocenters. The summed E-state index contributed by atoms with van der Waals surface area (Å²) >= 11 is 5.96. The molecule has 0 bridgehead atoms. The van der Waals surface area contributed by atoms with Gasteiger partial charge >= 0.3 is 0 Å². The molecule has 0 spiro atoms. The standard InChI is InChI=1S/C16H14ClN3O/c17-13-7-6-12(4-3-8-18)15(10-13)20-16(21)11-14-5-1-2-9-19-14/h1-2,5-7,9-10H,8,11,18H2,(H,20,21). The van der Waals surface area contributed by atoms with E-state index in [9.17, 15) is 4.79 Å². The number of hydrogen-bond donors (Lipinski definition) is 2. The van der Waals surface area contributed by atoms with Gasteiger partial charge in [-0.2, -0.15) is 0 Å². The second kappa shape index (κ2) is 7.44. The normalized spacial score (nSPS) is 9.62. The molecule has 5 heteroatoms. The van der Waals surface area contributed by atoms with Crippen LogP contribution in [0.3, 0.4) is 0 Å². The number of rotatable bonds is 3. The van der Waals surface area contributed by atoms with Crippen LogP contribution in [0.1, 0.15) is 11.3 Å². The Morgan fingerprint density at radius 1 is 1.33 bits per heavy atom. The molecule has 0 saturated heterocycles. The lowest BCUT2D eigenvalue weighted by molar-refractivity contribution is -0.115. The molecule has 1 aromatic heterocycles. The number of hydrogen-bond acceptors (Lipinski definition) is 3. The van der Waals surface area contributed by atoms with E-state index < -0.39 is 0 Å². The summed E-state index contributed by atoms with van der Waals surface area (Å²) in [5.74, 6) is 5.49. The van der Waals surface area contributed by atoms with E-state index in [0.29, 0.717) is 22.0 Å². The number of benzene rings is 1. The Kier molecular flexibility index (Phi) is 5.33. The van der Waals surface area contributed by atoms with Gasteiger partial charge in [0.05, 0.1) is 18.7 Å². The van der Waals surface area contributed by atoms with Gasteiger partial charge in [-0.15, -0.1) is 0 Å². The summed E-state index contributed by atoms with van der Waals surface area (Å²) in [6, 6.07) is 10.6. The second-order valence-corrected chi connectivity index (χ2v) is 4.68. The molecule has 0 aliphatic carbocycles. The molecular formula is C16H14ClN3O. The number of amides is 1. The molecule has 0 aliphatic heterocycles. The highest BCUT2D eigenvalue weighted by atomic mass is 35.5. The molecule has 106 valence electrons. The Hall–Kier alpha value is -2.35. The minimum Gasteiger partial charge on any atom is -0.325 e. The molecule has 0 unspecified atom stereocenters. The van der Waals surface area contributed by atoms with E-state index in [4.69, 9.17) is 17.3 Å². The Bertz CT molecular complexity index is 690. The first-order valence-electron chi connectivity index (χ1n) is 6.37. The highest BCUT2D eigenvalue weighted by Crippen LogP contribution is 2.20. The number of pyridine rings is 1. The quantitative estimate of drug-likeness (QED) is 0.854. The molecule has 0 aliphatic rings. The summed E-state index contributed by atoms with van der Waals surface area (Å²) in [4.78, 5) is 16.2. The molecule has 4 nitrogen and oxygen atoms in total. The van der Waals surface area contributed by atoms with Gasteiger partial charge in [0.1, 0.15) is 0 Å². The Balaban J connectivity index is 2.14. The Labute approximate surface area is 128 Å². The van der Waals surface area contributed by atoms with Crippen molar-refractivity contribution in [1.29, 1.82) is 0 Å². The van der Waals surface area contributed by atoms with Gasteiger partial charge in [-0.05, 0) is 30.3 Å². The van der Waals surface area contributed by atoms with Crippen LogP contribution in [-0.4, -0.2) is 17.4 Å². The van der Waals surface area contributed by atoms with Crippen LogP contribution in [0.15, 0.2) is 42.6 Å². The summed E-state index contributed by atoms with van der Waals surface area (Å²) in [6.07, 6.45) is 1.84. The van der Waals surface area contributed by atoms with Crippen LogP contribution >= 0.6 is 11.6 Å². The fourth-order valence-electron chi connectivity index (χ4n) is 1.74. The van der Waals surface area contributed by atoms with Gasteiger partial charge in [-0.1, -0.05) is 29.5 Å². The average Bonchev–Trinajstić information content (AvgIpc) is 2.47. The lowest BCUT2D eigenvalue weighted by atomic mass is 10.1. The van der Waals surface area contributed by atoms with Gasteiger partial charge < -0.3 is 11.1 Å². The van der Waals surface area contributed by atoms with E-state index in [2.05, 4.69) is 22.1 Å². The zero-order valence-electron chi connectivity index (χ0n) is 11.3. The second-order valence-electron chi connectivity index (χ2n) is 4.24. The van der Waals surface area contributed by atoms with E-state index in [1.54, 1.807) is 36.5 Å². The van der Waals surface area contributed by atoms with Gasteiger partial charge in [0.15, 0.2) is 0 Å². The number of nitrogens with two attached hydrogens (primary N) is 1. The monoisotopic (exact) mass is 299 g/mol. The van der Waals surface area contributed by atoms with E-state index in [1.165, 1.54) is 0 Å². The summed E-state index contributed by atoms with van der Waals surface area (Å²) < 4.78 is 0. The van der Waals surface area contributed by atoms with E-state index in [0.717, 1.165) is 0 Å². The molecule has 1 amide bonds. The van der Waals surface area contributed by atoms with Gasteiger partial charge in [0.25, 0.3) is 0 Å². The molecule has 2 aromatic rings. The first kappa shape index (κ1) is 15.0. The SMILES string of the molecule is NCC#Cc1ccc(Cl)cc1NC(=O)Cc1ccccn1. The van der Waals surface area contributed by atoms with E-state index in [-0.39, 0.29) is 18.9 Å². The molecule has 3 N–H and O–H groups in total. The van der Waals surface area contributed by atoms with Crippen molar-refractivity contribution in [2.45, 2.75) is 6.42 Å². The van der Waals surface area contributed by atoms with Crippen LogP contribution in [0.25, 0.3) is 0 Å². The fraction of sp³-hybridized carbons (Fsp3) is 0.125. The summed E-state index contributed by atoms with van der Waals surface area (Å²) in [7, 11) is 0. The largest absolute Gasteiger partial charge is 0.325 e. The molecular weight excluding hydrogens is 286 g/mol. The van der Waals surface area contributed by atoms with Crippen LogP contribution in [0.4, 0.5) is 5.69 Å². The van der Waals surface area contributed by atoms with Crippen LogP contribution in [-0.2, 0) is 11.2 Å². The van der Waals surface area contributed by atoms with Gasteiger partial charge in [-0.3, -0.25) is 9.78 Å². The van der Waals surface area contributed by atoms with E-state index >= 15 is 0 Å². The van der Waals surface area contributed by atoms with Crippen molar-refractivity contribution in [3.8, 4) is 11.8 Å². The molecule has 0 radical (unpaired) electrons. The summed E-state index contributed by atoms with van der Waals surface area (Å²) in [6.45, 7) is 0.254. The minimum atomic E-state index is -0.174. The number of aromatic nitrogens is 1. The van der Waals surface area contributed by atoms with Crippen LogP contribution in [0.2, 0.25) is 5.02 Å². The molecule has 0 saturated carbocycles. The van der Waals surface area contributed by atoms with Crippen molar-refractivity contribution in [3.63, 3.8) is 0 Å². The third-order valence-corrected chi connectivity index (χ3v) is 2.88. The number of nitrogens with one attached hydrogen (secondary N) is 1. The first-order chi connectivity index (χ1) is 10.2. The van der Waals surface area contributed by atoms with Crippen molar-refractivity contribution >= 4 is 23.2 Å². The number of halogens is 1. The lowest BCUT2D eigenvalue weighted by Crippen LogP contribution is -2.16. The molecule has 0 fully saturated rings. The van der Waals surface area contributed by atoms with Crippen molar-refractivity contribution in [2.24, 2.45) is 5.73 Å². The van der Waals surface area contributed by atoms with Crippen molar-refractivity contribution in [1.82, 2.24) is 4.98 Å². The molecule has 1 heterocycles. The number of carbonyl (C=O) groups excluding carboxylic acids is 1. The predicted octanol–water partition coefficient (Wildman–Crippen LogP) is 2.23. The molecule has 21 heavy (non-hydrogen) atoms. The smallest absolute Gasteiger partial charge is 0.230 e. The zero-order chi connectivity index (χ0) is 15.1. The van der Waals surface area contributed by atoms with Crippen LogP contribution < -0.4 is 11.1 Å². The first-order valence-corrected chi connectivity index (χ1v) is 6.75. The van der Waals surface area contributed by atoms with Crippen molar-refractivity contribution < 1.29 is 4.79 Å². The number of carbonyl (C=O) groups is 1. The predicted molar refractivity (Wildman–Crippen MR) is 84.0 cm³/mol. The van der Waals surface area contributed by atoms with Crippen LogP contribution in [0.5, 0.6) is 0 Å². The third-order valence-electron chi connectivity index (χ3n) is 2.65. The van der Waals surface area contributed by atoms with Crippen molar-refractivity contribution in [2.75, 3.05) is 11.9 Å². The maximum atomic E-state index is 12.1. The Morgan fingerprint density at radius 2 is 2.19 bits per heavy atom. The summed E-state index contributed by atoms with van der Waals surface area (Å²) in [5.41, 5.74) is 7.32. The van der Waals surface area contributed by atoms with Gasteiger partial charge in [0, 0.05) is 22.5 Å². The lowest BCUT2D eigenvalue weighted by Gasteiger charge is -2.08. The third kappa shape index (κ3) is 4.60. The fourth-order valence-corrected chi connectivity index (χ4v) is 1.91.